The molecule has 1 aromatic heterocycles. The minimum atomic E-state index is -7.00. The third-order valence-electron chi connectivity index (χ3n) is 15.3. The molecular formula is C69H54F5I2N6O18S-. The quantitative estimate of drug-likeness (QED) is 0.0223. The molecule has 24 nitrogen and oxygen atoms in total. The number of carbonyl (C=O) groups excluding carboxylic acids is 6. The molecule has 3 N–H and O–H groups in total. The molecule has 8 aromatic carbocycles. The summed E-state index contributed by atoms with van der Waals surface area (Å²) in [5.74, 6) is -4.25. The normalized spacial score (nSPS) is 12.1. The van der Waals surface area contributed by atoms with Gasteiger partial charge in [-0.05, 0) is 243 Å². The van der Waals surface area contributed by atoms with Crippen LogP contribution in [-0.2, 0) is 35.5 Å². The molecule has 9 rings (SSSR count). The van der Waals surface area contributed by atoms with Crippen molar-refractivity contribution in [1.82, 2.24) is 13.7 Å². The van der Waals surface area contributed by atoms with Crippen molar-refractivity contribution < 1.29 is 92.1 Å². The third-order valence-corrected chi connectivity index (χ3v) is 17.6. The van der Waals surface area contributed by atoms with Crippen molar-refractivity contribution in [2.75, 3.05) is 16.0 Å². The maximum Gasteiger partial charge on any atom is 0.432 e. The summed E-state index contributed by atoms with van der Waals surface area (Å²) >= 11 is 4.30. The van der Waals surface area contributed by atoms with Crippen molar-refractivity contribution in [2.45, 2.75) is 77.2 Å². The Balaban J connectivity index is 1.03. The van der Waals surface area contributed by atoms with Gasteiger partial charge in [0.1, 0.15) is 28.5 Å². The molecular weight excluding hydrogens is 1580 g/mol. The average molecular weight is 1640 g/mol. The van der Waals surface area contributed by atoms with Crippen LogP contribution in [0.3, 0.4) is 0 Å². The molecule has 101 heavy (non-hydrogen) atoms. The second kappa shape index (κ2) is 29.7. The smallest absolute Gasteiger partial charge is 0.432 e. The molecule has 0 spiro atoms. The Morgan fingerprint density at radius 1 is 0.446 bits per heavy atom. The molecule has 0 fully saturated rings. The number of carbonyl (C=O) groups is 6. The van der Waals surface area contributed by atoms with Gasteiger partial charge in [-0.2, -0.15) is 22.0 Å². The van der Waals surface area contributed by atoms with E-state index in [1.807, 2.05) is 48.5 Å². The van der Waals surface area contributed by atoms with Crippen LogP contribution in [0.15, 0.2) is 190 Å². The molecule has 0 bridgehead atoms. The molecule has 1 heterocycles. The van der Waals surface area contributed by atoms with E-state index in [2.05, 4.69) is 65.9 Å². The van der Waals surface area contributed by atoms with Crippen molar-refractivity contribution in [3.63, 3.8) is 0 Å². The van der Waals surface area contributed by atoms with Crippen LogP contribution in [0.4, 0.5) is 53.4 Å². The lowest BCUT2D eigenvalue weighted by Gasteiger charge is -2.29. The fourth-order valence-electron chi connectivity index (χ4n) is 9.96. The van der Waals surface area contributed by atoms with Gasteiger partial charge in [-0.3, -0.25) is 16.0 Å². The molecule has 0 saturated carbocycles. The zero-order valence-electron chi connectivity index (χ0n) is 53.6. The Morgan fingerprint density at radius 2 is 0.772 bits per heavy atom. The SMILES string of the molecule is Cc1c(NC(=O)Oc2ccc(C(=O)OC(C(F)(F)F)C(F)(F)S(=O)(=O)[O-])cc2)cccc1-n1c(=O)n(-c2cccc(NC(=O)Oc3cccc(C(=O)OC(C)(C)c4ccc(I)cc4)c3)c2C)c(=O)n(-c2cccc(NC(=O)Oc3cccc(C(=O)OC(C)(C)c4ccc(I)cc4)c3)c2C)c1=O. The molecule has 1 unspecified atom stereocenters. The number of aromatic nitrogens is 3. The third kappa shape index (κ3) is 17.0. The molecule has 0 saturated heterocycles. The predicted molar refractivity (Wildman–Crippen MR) is 371 cm³/mol. The van der Waals surface area contributed by atoms with E-state index in [1.54, 1.807) is 27.7 Å². The van der Waals surface area contributed by atoms with Crippen LogP contribution in [0, 0.1) is 27.9 Å². The van der Waals surface area contributed by atoms with Crippen molar-refractivity contribution in [1.29, 1.82) is 0 Å². The van der Waals surface area contributed by atoms with Crippen LogP contribution in [0.5, 0.6) is 17.2 Å². The van der Waals surface area contributed by atoms with Gasteiger partial charge in [-0.1, -0.05) is 54.6 Å². The Labute approximate surface area is 597 Å². The molecule has 0 radical (unpaired) electrons. The van der Waals surface area contributed by atoms with Gasteiger partial charge in [0.2, 0.25) is 0 Å². The number of hydrogen-bond donors (Lipinski definition) is 3. The van der Waals surface area contributed by atoms with Crippen molar-refractivity contribution in [2.24, 2.45) is 0 Å². The highest BCUT2D eigenvalue weighted by Crippen LogP contribution is 2.39. The van der Waals surface area contributed by atoms with Gasteiger partial charge < -0.3 is 33.0 Å². The second-order valence-electron chi connectivity index (χ2n) is 23.0. The maximum absolute atomic E-state index is 15.3. The molecule has 0 aliphatic carbocycles. The number of nitrogens with zero attached hydrogens (tertiary/aromatic N) is 3. The van der Waals surface area contributed by atoms with E-state index in [1.165, 1.54) is 124 Å². The van der Waals surface area contributed by atoms with Crippen LogP contribution < -0.4 is 47.2 Å². The number of ether oxygens (including phenoxy) is 6. The summed E-state index contributed by atoms with van der Waals surface area (Å²) in [4.78, 5) is 126. The number of esters is 3. The standard InChI is InChI=1S/C69H55F5I2N6O18S/c1-37-50(77-60(86)95-47-33-23-40(24-34-47)56(83)98-59(68(70,71)72)69(73,74)101(92,93)94)17-10-20-53(37)80-63(89)81(54-21-11-18-51(38(54)2)78-61(87)96-48-15-8-13-41(35-48)57(84)99-66(4,5)43-25-29-45(75)30-26-43)65(91)82(64(80)90)55-22-12-19-52(39(55)3)79-62(88)97-49-16-9-14-42(36-49)58(85)100-67(6,7)44-27-31-46(76)32-28-44/h8-36,59H,1-7H3,(H,77,86)(H,78,87)(H,79,88)(H,92,93,94)/p-1. The predicted octanol–water partition coefficient (Wildman–Crippen LogP) is 13.5. The Morgan fingerprint density at radius 3 is 1.10 bits per heavy atom. The molecule has 0 aliphatic rings. The Kier molecular flexibility index (Phi) is 21.9. The van der Waals surface area contributed by atoms with Crippen LogP contribution >= 0.6 is 45.2 Å². The van der Waals surface area contributed by atoms with E-state index in [0.717, 1.165) is 19.3 Å². The summed E-state index contributed by atoms with van der Waals surface area (Å²) in [5, 5.41) is 1.40. The highest BCUT2D eigenvalue weighted by Gasteiger charge is 2.63. The minimum absolute atomic E-state index is 0.0317. The fourth-order valence-corrected chi connectivity index (χ4v) is 11.1. The van der Waals surface area contributed by atoms with Crippen LogP contribution in [-0.4, -0.2) is 80.4 Å². The van der Waals surface area contributed by atoms with E-state index in [-0.39, 0.29) is 73.4 Å². The van der Waals surface area contributed by atoms with Crippen molar-refractivity contribution in [3.8, 4) is 34.3 Å². The molecule has 0 aliphatic heterocycles. The van der Waals surface area contributed by atoms with Crippen LogP contribution in [0.2, 0.25) is 0 Å². The zero-order chi connectivity index (χ0) is 73.8. The van der Waals surface area contributed by atoms with Gasteiger partial charge in [-0.25, -0.2) is 65.3 Å². The second-order valence-corrected chi connectivity index (χ2v) is 26.9. The average Bonchev–Trinajstić information content (AvgIpc) is 0.739. The number of anilines is 3. The number of benzene rings is 8. The topological polar surface area (TPSA) is 317 Å². The first-order valence-corrected chi connectivity index (χ1v) is 33.1. The summed E-state index contributed by atoms with van der Waals surface area (Å²) in [6.45, 7) is 11.0. The Hall–Kier alpha value is -10.6. The van der Waals surface area contributed by atoms with Gasteiger partial charge >= 0.3 is 64.7 Å². The summed E-state index contributed by atoms with van der Waals surface area (Å²) < 4.78 is 137. The molecule has 9 aromatic rings. The molecule has 32 heteroatoms. The molecule has 524 valence electrons. The number of amides is 3. The van der Waals surface area contributed by atoms with E-state index >= 15 is 14.4 Å². The number of halogens is 7. The fraction of sp³-hybridized carbons (Fsp3) is 0.174. The van der Waals surface area contributed by atoms with Crippen LogP contribution in [0.1, 0.15) is 86.6 Å². The lowest BCUT2D eigenvalue weighted by Crippen LogP contribution is -2.53. The summed E-state index contributed by atoms with van der Waals surface area (Å²) in [5.41, 5.74) is -6.39. The first-order valence-electron chi connectivity index (χ1n) is 29.5. The van der Waals surface area contributed by atoms with E-state index in [9.17, 15) is 63.7 Å². The van der Waals surface area contributed by atoms with Gasteiger partial charge in [-0.15, -0.1) is 0 Å². The van der Waals surface area contributed by atoms with Gasteiger partial charge in [0, 0.05) is 24.2 Å². The number of alkyl halides is 5. The van der Waals surface area contributed by atoms with Crippen LogP contribution in [0.25, 0.3) is 17.1 Å². The number of nitrogens with one attached hydrogen (secondary N) is 3. The highest BCUT2D eigenvalue weighted by molar-refractivity contribution is 14.1. The van der Waals surface area contributed by atoms with Gasteiger partial charge in [0.25, 0.3) is 6.10 Å². The maximum atomic E-state index is 15.3. The minimum Gasteiger partial charge on any atom is -0.743 e. The zero-order valence-corrected chi connectivity index (χ0v) is 58.7. The molecule has 3 amide bonds. The first-order chi connectivity index (χ1) is 47.3. The monoisotopic (exact) mass is 1640 g/mol. The largest absolute Gasteiger partial charge is 0.743 e. The summed E-state index contributed by atoms with van der Waals surface area (Å²) in [7, 11) is -7.00. The van der Waals surface area contributed by atoms with Gasteiger partial charge in [0.15, 0.2) is 10.1 Å². The number of rotatable bonds is 19. The lowest BCUT2D eigenvalue weighted by molar-refractivity contribution is -0.248. The highest BCUT2D eigenvalue weighted by atomic mass is 127. The van der Waals surface area contributed by atoms with Crippen molar-refractivity contribution in [3.05, 3.63) is 259 Å². The van der Waals surface area contributed by atoms with E-state index in [0.29, 0.717) is 37.0 Å². The van der Waals surface area contributed by atoms with E-state index in [4.69, 9.17) is 23.7 Å². The Bertz CT molecular complexity index is 4870. The first kappa shape index (κ1) is 74.6. The summed E-state index contributed by atoms with van der Waals surface area (Å²) in [6.07, 6.45) is -14.5. The number of hydrogen-bond acceptors (Lipinski definition) is 18. The lowest BCUT2D eigenvalue weighted by atomic mass is 9.98. The van der Waals surface area contributed by atoms with Gasteiger partial charge in [0.05, 0.1) is 33.8 Å². The van der Waals surface area contributed by atoms with Crippen molar-refractivity contribution >= 4 is 109 Å². The summed E-state index contributed by atoms with van der Waals surface area (Å²) in [6, 6.07) is 40.8. The van der Waals surface area contributed by atoms with E-state index < -0.39 is 103 Å². The molecule has 1 atom stereocenters.